The smallest absolute Gasteiger partial charge is 0.174 e. The average molecular weight is 267 g/mol. The zero-order valence-corrected chi connectivity index (χ0v) is 11.4. The maximum absolute atomic E-state index is 8.44. The number of rotatable bonds is 6. The van der Waals surface area contributed by atoms with E-state index in [0.717, 1.165) is 17.8 Å². The van der Waals surface area contributed by atoms with Gasteiger partial charge in [-0.2, -0.15) is 5.26 Å². The van der Waals surface area contributed by atoms with Gasteiger partial charge in [0, 0.05) is 18.8 Å². The first-order chi connectivity index (χ1) is 9.79. The lowest BCUT2D eigenvalue weighted by Crippen LogP contribution is -2.18. The molecule has 0 aliphatic carbocycles. The van der Waals surface area contributed by atoms with E-state index in [1.807, 2.05) is 48.5 Å². The summed E-state index contributed by atoms with van der Waals surface area (Å²) >= 11 is 0. The Morgan fingerprint density at radius 1 is 1.25 bits per heavy atom. The van der Waals surface area contributed by atoms with Crippen LogP contribution < -0.4 is 10.1 Å². The number of nitrogens with zero attached hydrogens (tertiary/aromatic N) is 2. The molecule has 1 aromatic heterocycles. The second-order valence-electron chi connectivity index (χ2n) is 4.45. The van der Waals surface area contributed by atoms with Crippen LogP contribution in [0.25, 0.3) is 0 Å². The molecule has 4 heteroatoms. The number of nitrogens with one attached hydrogen (secondary N) is 1. The van der Waals surface area contributed by atoms with Gasteiger partial charge in [0.1, 0.15) is 11.8 Å². The molecule has 0 saturated carbocycles. The monoisotopic (exact) mass is 267 g/mol. The molecule has 1 N–H and O–H groups in total. The molecule has 0 amide bonds. The van der Waals surface area contributed by atoms with Gasteiger partial charge in [-0.15, -0.1) is 0 Å². The van der Waals surface area contributed by atoms with Crippen LogP contribution in [0.5, 0.6) is 5.75 Å². The van der Waals surface area contributed by atoms with Crippen LogP contribution in [0.1, 0.15) is 24.2 Å². The van der Waals surface area contributed by atoms with Crippen molar-refractivity contribution in [3.8, 4) is 11.8 Å². The summed E-state index contributed by atoms with van der Waals surface area (Å²) in [4.78, 5) is 4.33. The van der Waals surface area contributed by atoms with Crippen LogP contribution in [0.4, 0.5) is 0 Å². The Hall–Kier alpha value is -2.38. The highest BCUT2D eigenvalue weighted by molar-refractivity contribution is 5.27. The van der Waals surface area contributed by atoms with E-state index in [0.29, 0.717) is 5.75 Å². The third kappa shape index (κ3) is 4.08. The molecular formula is C16H17N3O. The third-order valence-corrected chi connectivity index (χ3v) is 2.97. The van der Waals surface area contributed by atoms with Gasteiger partial charge in [-0.25, -0.2) is 0 Å². The molecule has 0 bridgehead atoms. The van der Waals surface area contributed by atoms with Crippen LogP contribution in [-0.4, -0.2) is 11.6 Å². The first kappa shape index (κ1) is 14.0. The Kier molecular flexibility index (Phi) is 5.10. The lowest BCUT2D eigenvalue weighted by atomic mass is 10.1. The minimum Gasteiger partial charge on any atom is -0.479 e. The molecule has 0 unspecified atom stereocenters. The zero-order valence-electron chi connectivity index (χ0n) is 11.4. The van der Waals surface area contributed by atoms with Gasteiger partial charge < -0.3 is 10.1 Å². The standard InChI is InChI=1S/C16H17N3O/c1-13(16-4-2-3-10-18-16)19-12-14-5-7-15(8-6-14)20-11-9-17/h2-8,10,13,19H,11-12H2,1H3/t13-/m0/s1. The second kappa shape index (κ2) is 7.27. The average Bonchev–Trinajstić information content (AvgIpc) is 2.52. The summed E-state index contributed by atoms with van der Waals surface area (Å²) in [5, 5.41) is 11.9. The summed E-state index contributed by atoms with van der Waals surface area (Å²) in [5.41, 5.74) is 2.19. The molecule has 102 valence electrons. The van der Waals surface area contributed by atoms with E-state index in [9.17, 15) is 0 Å². The SMILES string of the molecule is C[C@H](NCc1ccc(OCC#N)cc1)c1ccccn1. The van der Waals surface area contributed by atoms with Crippen molar-refractivity contribution in [2.45, 2.75) is 19.5 Å². The summed E-state index contributed by atoms with van der Waals surface area (Å²) in [7, 11) is 0. The summed E-state index contributed by atoms with van der Waals surface area (Å²) in [5.74, 6) is 0.716. The Morgan fingerprint density at radius 3 is 2.70 bits per heavy atom. The van der Waals surface area contributed by atoms with Crippen molar-refractivity contribution in [1.29, 1.82) is 5.26 Å². The highest BCUT2D eigenvalue weighted by Gasteiger charge is 2.05. The fourth-order valence-electron chi connectivity index (χ4n) is 1.83. The number of ether oxygens (including phenoxy) is 1. The molecular weight excluding hydrogens is 250 g/mol. The van der Waals surface area contributed by atoms with Crippen molar-refractivity contribution < 1.29 is 4.74 Å². The summed E-state index contributed by atoms with van der Waals surface area (Å²) < 4.78 is 5.21. The number of pyridine rings is 1. The maximum Gasteiger partial charge on any atom is 0.174 e. The molecule has 2 rings (SSSR count). The summed E-state index contributed by atoms with van der Waals surface area (Å²) in [6.45, 7) is 2.93. The molecule has 20 heavy (non-hydrogen) atoms. The molecule has 0 fully saturated rings. The number of hydrogen-bond donors (Lipinski definition) is 1. The van der Waals surface area contributed by atoms with Crippen LogP contribution in [0.15, 0.2) is 48.7 Å². The second-order valence-corrected chi connectivity index (χ2v) is 4.45. The van der Waals surface area contributed by atoms with Crippen LogP contribution in [0.2, 0.25) is 0 Å². The first-order valence-electron chi connectivity index (χ1n) is 6.52. The number of aromatic nitrogens is 1. The Bertz CT molecular complexity index is 561. The molecule has 4 nitrogen and oxygen atoms in total. The van der Waals surface area contributed by atoms with E-state index >= 15 is 0 Å². The van der Waals surface area contributed by atoms with Crippen molar-refractivity contribution in [3.63, 3.8) is 0 Å². The van der Waals surface area contributed by atoms with E-state index in [-0.39, 0.29) is 12.6 Å². The van der Waals surface area contributed by atoms with Gasteiger partial charge in [0.25, 0.3) is 0 Å². The fraction of sp³-hybridized carbons (Fsp3) is 0.250. The quantitative estimate of drug-likeness (QED) is 0.874. The minimum absolute atomic E-state index is 0.0777. The Morgan fingerprint density at radius 2 is 2.05 bits per heavy atom. The molecule has 2 aromatic rings. The Labute approximate surface area is 119 Å². The predicted octanol–water partition coefficient (Wildman–Crippen LogP) is 2.83. The number of benzene rings is 1. The van der Waals surface area contributed by atoms with E-state index in [1.54, 1.807) is 6.20 Å². The molecule has 0 radical (unpaired) electrons. The first-order valence-corrected chi connectivity index (χ1v) is 6.52. The number of nitriles is 1. The lowest BCUT2D eigenvalue weighted by Gasteiger charge is -2.13. The maximum atomic E-state index is 8.44. The largest absolute Gasteiger partial charge is 0.479 e. The molecule has 0 spiro atoms. The van der Waals surface area contributed by atoms with Gasteiger partial charge in [-0.1, -0.05) is 18.2 Å². The van der Waals surface area contributed by atoms with Crippen LogP contribution in [0, 0.1) is 11.3 Å². The molecule has 1 aromatic carbocycles. The van der Waals surface area contributed by atoms with Gasteiger partial charge in [0.15, 0.2) is 6.61 Å². The van der Waals surface area contributed by atoms with E-state index in [4.69, 9.17) is 10.00 Å². The normalized spacial score (nSPS) is 11.6. The van der Waals surface area contributed by atoms with E-state index < -0.39 is 0 Å². The van der Waals surface area contributed by atoms with E-state index in [2.05, 4.69) is 17.2 Å². The van der Waals surface area contributed by atoms with Gasteiger partial charge >= 0.3 is 0 Å². The summed E-state index contributed by atoms with van der Waals surface area (Å²) in [6.07, 6.45) is 1.80. The van der Waals surface area contributed by atoms with Crippen LogP contribution in [0.3, 0.4) is 0 Å². The summed E-state index contributed by atoms with van der Waals surface area (Å²) in [6, 6.07) is 15.8. The van der Waals surface area contributed by atoms with Crippen molar-refractivity contribution in [1.82, 2.24) is 10.3 Å². The van der Waals surface area contributed by atoms with Gasteiger partial charge in [0.2, 0.25) is 0 Å². The molecule has 0 saturated heterocycles. The third-order valence-electron chi connectivity index (χ3n) is 2.97. The van der Waals surface area contributed by atoms with Gasteiger partial charge in [0.05, 0.1) is 5.69 Å². The molecule has 0 aliphatic rings. The molecule has 1 heterocycles. The molecule has 1 atom stereocenters. The van der Waals surface area contributed by atoms with E-state index in [1.165, 1.54) is 0 Å². The van der Waals surface area contributed by atoms with Crippen LogP contribution in [-0.2, 0) is 6.54 Å². The fourth-order valence-corrected chi connectivity index (χ4v) is 1.83. The number of hydrogen-bond acceptors (Lipinski definition) is 4. The van der Waals surface area contributed by atoms with Crippen molar-refractivity contribution in [2.75, 3.05) is 6.61 Å². The highest BCUT2D eigenvalue weighted by atomic mass is 16.5. The lowest BCUT2D eigenvalue weighted by molar-refractivity contribution is 0.368. The van der Waals surface area contributed by atoms with Crippen molar-refractivity contribution >= 4 is 0 Å². The minimum atomic E-state index is 0.0777. The predicted molar refractivity (Wildman–Crippen MR) is 77.0 cm³/mol. The zero-order chi connectivity index (χ0) is 14.2. The van der Waals surface area contributed by atoms with Gasteiger partial charge in [-0.05, 0) is 36.8 Å². The van der Waals surface area contributed by atoms with Crippen molar-refractivity contribution in [3.05, 3.63) is 59.9 Å². The molecule has 0 aliphatic heterocycles. The van der Waals surface area contributed by atoms with Gasteiger partial charge in [-0.3, -0.25) is 4.98 Å². The van der Waals surface area contributed by atoms with Crippen LogP contribution >= 0.6 is 0 Å². The topological polar surface area (TPSA) is 57.9 Å². The highest BCUT2D eigenvalue weighted by Crippen LogP contribution is 2.13. The van der Waals surface area contributed by atoms with Crippen molar-refractivity contribution in [2.24, 2.45) is 0 Å². The Balaban J connectivity index is 1.86.